The number of halogens is 1. The largest absolute Gasteiger partial charge is 0.353 e. The summed E-state index contributed by atoms with van der Waals surface area (Å²) in [6.07, 6.45) is 3.29. The fraction of sp³-hybridized carbons (Fsp3) is 0.360. The van der Waals surface area contributed by atoms with E-state index in [1.807, 2.05) is 19.9 Å². The Morgan fingerprint density at radius 3 is 2.72 bits per heavy atom. The van der Waals surface area contributed by atoms with Crippen LogP contribution >= 0.6 is 11.6 Å². The number of aromatic nitrogens is 7. The monoisotopic (exact) mass is 501 g/mol. The van der Waals surface area contributed by atoms with Crippen LogP contribution in [-0.2, 0) is 13.1 Å². The van der Waals surface area contributed by atoms with Crippen LogP contribution in [0.2, 0.25) is 5.02 Å². The maximum atomic E-state index is 13.0. The number of carbonyl (C=O) groups excluding carboxylic acids is 1. The number of hydrogen-bond acceptors (Lipinski definition) is 7. The van der Waals surface area contributed by atoms with Gasteiger partial charge in [0.15, 0.2) is 0 Å². The van der Waals surface area contributed by atoms with E-state index in [4.69, 9.17) is 16.6 Å². The van der Waals surface area contributed by atoms with Gasteiger partial charge in [0, 0.05) is 36.0 Å². The van der Waals surface area contributed by atoms with Gasteiger partial charge in [-0.2, -0.15) is 5.10 Å². The van der Waals surface area contributed by atoms with Crippen molar-refractivity contribution in [2.24, 2.45) is 17.8 Å². The van der Waals surface area contributed by atoms with Crippen molar-refractivity contribution in [2.45, 2.75) is 33.0 Å². The van der Waals surface area contributed by atoms with Crippen molar-refractivity contribution in [1.82, 2.24) is 40.3 Å². The van der Waals surface area contributed by atoms with Crippen LogP contribution in [0.3, 0.4) is 0 Å². The fourth-order valence-corrected chi connectivity index (χ4v) is 5.94. The van der Waals surface area contributed by atoms with Crippen molar-refractivity contribution < 1.29 is 4.79 Å². The topological polar surface area (TPSA) is 107 Å². The van der Waals surface area contributed by atoms with Crippen molar-refractivity contribution in [2.75, 3.05) is 11.4 Å². The van der Waals surface area contributed by atoms with Crippen LogP contribution in [0.15, 0.2) is 42.9 Å². The van der Waals surface area contributed by atoms with Gasteiger partial charge in [-0.15, -0.1) is 5.10 Å². The SMILES string of the molecule is Cc1nc(N2CC3C4C3C42)ccc1Cn1cc(C(=O)NCc2cc(Cl)ccc2-n2cnnn2)c(C)n1. The summed E-state index contributed by atoms with van der Waals surface area (Å²) >= 11 is 6.19. The fourth-order valence-electron chi connectivity index (χ4n) is 5.75. The molecule has 1 aromatic carbocycles. The second-order valence-corrected chi connectivity index (χ2v) is 10.3. The molecule has 1 amide bonds. The molecule has 3 aromatic heterocycles. The molecule has 5 heterocycles. The standard InChI is InChI=1S/C25H24ClN9O/c1-13-15(3-6-21(29-13)34-11-19-22-23(19)24(22)34)9-33-10-18(14(2)30-33)25(36)27-8-16-7-17(26)4-5-20(16)35-12-28-31-32-35/h3-7,10,12,19,22-24H,8-9,11H2,1-2H3,(H,27,36). The Hall–Kier alpha value is -3.79. The highest BCUT2D eigenvalue weighted by atomic mass is 35.5. The zero-order valence-electron chi connectivity index (χ0n) is 19.8. The molecule has 0 radical (unpaired) electrons. The molecule has 11 heteroatoms. The molecule has 1 N–H and O–H groups in total. The normalized spacial score (nSPS) is 23.0. The molecule has 2 aliphatic carbocycles. The minimum Gasteiger partial charge on any atom is -0.353 e. The number of carbonyl (C=O) groups is 1. The number of aryl methyl sites for hydroxylation is 2. The Balaban J connectivity index is 1.04. The first-order chi connectivity index (χ1) is 17.5. The van der Waals surface area contributed by atoms with E-state index in [1.54, 1.807) is 23.0 Å². The molecule has 4 aliphatic rings. The predicted octanol–water partition coefficient (Wildman–Crippen LogP) is 2.57. The summed E-state index contributed by atoms with van der Waals surface area (Å²) in [4.78, 5) is 20.4. The number of tetrazole rings is 1. The number of hydrogen-bond donors (Lipinski definition) is 1. The predicted molar refractivity (Wildman–Crippen MR) is 132 cm³/mol. The summed E-state index contributed by atoms with van der Waals surface area (Å²) in [5.41, 5.74) is 4.84. The molecule has 36 heavy (non-hydrogen) atoms. The average molecular weight is 502 g/mol. The highest BCUT2D eigenvalue weighted by molar-refractivity contribution is 6.30. The van der Waals surface area contributed by atoms with Crippen molar-refractivity contribution >= 4 is 23.3 Å². The zero-order chi connectivity index (χ0) is 24.6. The Morgan fingerprint density at radius 1 is 1.14 bits per heavy atom. The lowest BCUT2D eigenvalue weighted by atomic mass is 10.1. The number of anilines is 1. The van der Waals surface area contributed by atoms with E-state index in [-0.39, 0.29) is 12.5 Å². The summed E-state index contributed by atoms with van der Waals surface area (Å²) < 4.78 is 3.34. The Morgan fingerprint density at radius 2 is 2.00 bits per heavy atom. The van der Waals surface area contributed by atoms with Crippen LogP contribution in [-0.4, -0.2) is 53.5 Å². The molecular weight excluding hydrogens is 478 g/mol. The molecule has 2 saturated heterocycles. The maximum absolute atomic E-state index is 13.0. The number of rotatable bonds is 7. The summed E-state index contributed by atoms with van der Waals surface area (Å²) in [6.45, 7) is 5.87. The lowest BCUT2D eigenvalue weighted by Gasteiger charge is -2.18. The molecule has 2 saturated carbocycles. The molecule has 2 atom stereocenters. The van der Waals surface area contributed by atoms with E-state index >= 15 is 0 Å². The van der Waals surface area contributed by atoms with Crippen molar-refractivity contribution in [3.8, 4) is 5.69 Å². The number of amides is 1. The van der Waals surface area contributed by atoms with Gasteiger partial charge < -0.3 is 10.2 Å². The number of nitrogens with one attached hydrogen (secondary N) is 1. The Kier molecular flexibility index (Phi) is 4.69. The van der Waals surface area contributed by atoms with Gasteiger partial charge in [0.1, 0.15) is 12.1 Å². The number of fused-ring (bicyclic) bond motifs is 1. The van der Waals surface area contributed by atoms with Crippen LogP contribution in [0.1, 0.15) is 32.9 Å². The maximum Gasteiger partial charge on any atom is 0.255 e. The highest BCUT2D eigenvalue weighted by Gasteiger charge is 2.80. The third-order valence-corrected chi connectivity index (χ3v) is 8.02. The van der Waals surface area contributed by atoms with Crippen LogP contribution in [0.5, 0.6) is 0 Å². The van der Waals surface area contributed by atoms with Crippen molar-refractivity contribution in [3.05, 3.63) is 76.0 Å². The van der Waals surface area contributed by atoms with Crippen molar-refractivity contribution in [1.29, 1.82) is 0 Å². The van der Waals surface area contributed by atoms with Crippen LogP contribution in [0, 0.1) is 31.6 Å². The molecule has 2 unspecified atom stereocenters. The van der Waals surface area contributed by atoms with Gasteiger partial charge in [-0.3, -0.25) is 9.48 Å². The molecule has 4 fully saturated rings. The van der Waals surface area contributed by atoms with Gasteiger partial charge in [-0.25, -0.2) is 9.67 Å². The van der Waals surface area contributed by atoms with Gasteiger partial charge in [0.25, 0.3) is 5.91 Å². The summed E-state index contributed by atoms with van der Waals surface area (Å²) in [6, 6.07) is 10.4. The smallest absolute Gasteiger partial charge is 0.255 e. The van der Waals surface area contributed by atoms with Gasteiger partial charge >= 0.3 is 0 Å². The first-order valence-corrected chi connectivity index (χ1v) is 12.4. The lowest BCUT2D eigenvalue weighted by Crippen LogP contribution is -2.24. The number of pyridine rings is 1. The molecule has 10 nitrogen and oxygen atoms in total. The summed E-state index contributed by atoms with van der Waals surface area (Å²) in [5, 5.41) is 19.4. The van der Waals surface area contributed by atoms with E-state index in [9.17, 15) is 4.79 Å². The number of benzene rings is 1. The molecule has 4 aromatic rings. The second kappa shape index (κ2) is 7.86. The zero-order valence-corrected chi connectivity index (χ0v) is 20.6. The van der Waals surface area contributed by atoms with Crippen LogP contribution in [0.4, 0.5) is 5.82 Å². The number of nitrogens with zero attached hydrogens (tertiary/aromatic N) is 8. The molecule has 8 rings (SSSR count). The molecule has 182 valence electrons. The molecule has 2 aliphatic heterocycles. The minimum absolute atomic E-state index is 0.206. The van der Waals surface area contributed by atoms with Crippen LogP contribution in [0.25, 0.3) is 5.69 Å². The van der Waals surface area contributed by atoms with E-state index < -0.39 is 0 Å². The second-order valence-electron chi connectivity index (χ2n) is 9.91. The van der Waals surface area contributed by atoms with Crippen LogP contribution < -0.4 is 10.2 Å². The molecule has 0 spiro atoms. The van der Waals surface area contributed by atoms with Crippen molar-refractivity contribution in [3.63, 3.8) is 0 Å². The van der Waals surface area contributed by atoms with E-state index in [0.29, 0.717) is 22.8 Å². The van der Waals surface area contributed by atoms with Gasteiger partial charge in [-0.05, 0) is 77.4 Å². The van der Waals surface area contributed by atoms with Gasteiger partial charge in [0.05, 0.1) is 23.5 Å². The lowest BCUT2D eigenvalue weighted by molar-refractivity contribution is 0.0950. The third kappa shape index (κ3) is 3.47. The number of piperidine rings is 1. The molecule has 2 bridgehead atoms. The Bertz CT molecular complexity index is 1480. The summed E-state index contributed by atoms with van der Waals surface area (Å²) in [7, 11) is 0. The highest BCUT2D eigenvalue weighted by Crippen LogP contribution is 2.75. The average Bonchev–Trinajstić information content (AvgIpc) is 3.38. The van der Waals surface area contributed by atoms with E-state index in [2.05, 4.69) is 43.0 Å². The first kappa shape index (κ1) is 21.5. The van der Waals surface area contributed by atoms with Gasteiger partial charge in [-0.1, -0.05) is 17.7 Å². The third-order valence-electron chi connectivity index (χ3n) is 7.78. The Labute approximate surface area is 212 Å². The van der Waals surface area contributed by atoms with Gasteiger partial charge in [0.2, 0.25) is 0 Å². The summed E-state index contributed by atoms with van der Waals surface area (Å²) in [5.74, 6) is 3.72. The van der Waals surface area contributed by atoms with E-state index in [0.717, 1.165) is 58.7 Å². The first-order valence-electron chi connectivity index (χ1n) is 12.0. The minimum atomic E-state index is -0.206. The molecular formula is C25H24ClN9O. The van der Waals surface area contributed by atoms with E-state index in [1.165, 1.54) is 11.0 Å². The quantitative estimate of drug-likeness (QED) is 0.414.